The predicted octanol–water partition coefficient (Wildman–Crippen LogP) is 2.95. The first-order chi connectivity index (χ1) is 14.4. The summed E-state index contributed by atoms with van der Waals surface area (Å²) in [7, 11) is -3.46. The second-order valence-electron chi connectivity index (χ2n) is 7.68. The lowest BCUT2D eigenvalue weighted by Gasteiger charge is -2.36. The number of thiophene rings is 1. The van der Waals surface area contributed by atoms with Gasteiger partial charge in [0.15, 0.2) is 0 Å². The Morgan fingerprint density at radius 3 is 2.33 bits per heavy atom. The Hall–Kier alpha value is -1.97. The fraction of sp³-hybridized carbons (Fsp3) is 0.476. The number of sulfonamides is 1. The van der Waals surface area contributed by atoms with Crippen molar-refractivity contribution in [3.8, 4) is 0 Å². The van der Waals surface area contributed by atoms with Crippen LogP contribution in [0.1, 0.15) is 24.1 Å². The number of piperazine rings is 1. The smallest absolute Gasteiger partial charge is 0.252 e. The fourth-order valence-corrected chi connectivity index (χ4v) is 7.01. The maximum atomic E-state index is 14.0. The van der Waals surface area contributed by atoms with Gasteiger partial charge in [0.05, 0.1) is 12.1 Å². The van der Waals surface area contributed by atoms with E-state index in [1.54, 1.807) is 33.5 Å². The van der Waals surface area contributed by atoms with Gasteiger partial charge in [-0.2, -0.15) is 4.31 Å². The second-order valence-corrected chi connectivity index (χ2v) is 11.0. The Labute approximate surface area is 180 Å². The maximum absolute atomic E-state index is 14.0. The minimum Gasteiger partial charge on any atom is -0.366 e. The molecule has 0 N–H and O–H groups in total. The van der Waals surface area contributed by atoms with Gasteiger partial charge in [-0.25, -0.2) is 12.8 Å². The van der Waals surface area contributed by atoms with Crippen LogP contribution in [0, 0.1) is 5.82 Å². The standard InChI is InChI=1S/C21H26FN3O3S2/c22-18-6-2-3-7-19(18)23-12-14-24(15-13-23)20(26)16-17-8-9-21(29-17)30(27,28)25-10-4-1-5-11-25/h2-3,6-9H,1,4-5,10-16H2. The molecule has 0 atom stereocenters. The van der Waals surface area contributed by atoms with Crippen LogP contribution in [0.25, 0.3) is 0 Å². The zero-order valence-corrected chi connectivity index (χ0v) is 18.4. The number of anilines is 1. The van der Waals surface area contributed by atoms with Gasteiger partial charge in [0.25, 0.3) is 10.0 Å². The number of carbonyl (C=O) groups is 1. The van der Waals surface area contributed by atoms with E-state index in [0.29, 0.717) is 49.2 Å². The first kappa shape index (κ1) is 21.3. The van der Waals surface area contributed by atoms with Crippen LogP contribution in [-0.2, 0) is 21.2 Å². The summed E-state index contributed by atoms with van der Waals surface area (Å²) in [6.45, 7) is 3.34. The highest BCUT2D eigenvalue weighted by Gasteiger charge is 2.28. The Balaban J connectivity index is 1.34. The van der Waals surface area contributed by atoms with Gasteiger partial charge in [-0.1, -0.05) is 18.6 Å². The highest BCUT2D eigenvalue weighted by Crippen LogP contribution is 2.28. The Morgan fingerprint density at radius 2 is 1.63 bits per heavy atom. The lowest BCUT2D eigenvalue weighted by molar-refractivity contribution is -0.130. The molecule has 4 rings (SSSR count). The van der Waals surface area contributed by atoms with Crippen LogP contribution in [0.5, 0.6) is 0 Å². The van der Waals surface area contributed by atoms with E-state index in [-0.39, 0.29) is 18.1 Å². The van der Waals surface area contributed by atoms with Gasteiger partial charge in [0.1, 0.15) is 10.0 Å². The van der Waals surface area contributed by atoms with Crippen LogP contribution >= 0.6 is 11.3 Å². The number of rotatable bonds is 5. The summed E-state index contributed by atoms with van der Waals surface area (Å²) in [5.41, 5.74) is 0.565. The van der Waals surface area contributed by atoms with E-state index in [1.165, 1.54) is 17.4 Å². The number of benzene rings is 1. The van der Waals surface area contributed by atoms with Crippen molar-refractivity contribution in [2.45, 2.75) is 29.9 Å². The average Bonchev–Trinajstić information content (AvgIpc) is 3.24. The quantitative estimate of drug-likeness (QED) is 0.701. The van der Waals surface area contributed by atoms with E-state index in [9.17, 15) is 17.6 Å². The van der Waals surface area contributed by atoms with Crippen molar-refractivity contribution < 1.29 is 17.6 Å². The molecule has 30 heavy (non-hydrogen) atoms. The van der Waals surface area contributed by atoms with Crippen LogP contribution in [0.15, 0.2) is 40.6 Å². The number of amides is 1. The number of hydrogen-bond acceptors (Lipinski definition) is 5. The van der Waals surface area contributed by atoms with Crippen LogP contribution < -0.4 is 4.90 Å². The van der Waals surface area contributed by atoms with Crippen molar-refractivity contribution in [1.82, 2.24) is 9.21 Å². The van der Waals surface area contributed by atoms with E-state index in [2.05, 4.69) is 0 Å². The number of piperidine rings is 1. The molecule has 2 fully saturated rings. The zero-order valence-electron chi connectivity index (χ0n) is 16.8. The van der Waals surface area contributed by atoms with Crippen molar-refractivity contribution in [3.63, 3.8) is 0 Å². The van der Waals surface area contributed by atoms with Gasteiger partial charge >= 0.3 is 0 Å². The first-order valence-electron chi connectivity index (χ1n) is 10.3. The van der Waals surface area contributed by atoms with Crippen molar-refractivity contribution >= 4 is 33.0 Å². The zero-order chi connectivity index (χ0) is 21.1. The molecule has 3 heterocycles. The summed E-state index contributed by atoms with van der Waals surface area (Å²) in [6, 6.07) is 10.0. The minimum absolute atomic E-state index is 0.0213. The molecule has 2 aliphatic rings. The summed E-state index contributed by atoms with van der Waals surface area (Å²) >= 11 is 1.19. The van der Waals surface area contributed by atoms with Gasteiger partial charge in [0, 0.05) is 44.1 Å². The lowest BCUT2D eigenvalue weighted by atomic mass is 10.2. The SMILES string of the molecule is O=C(Cc1ccc(S(=O)(=O)N2CCCCC2)s1)N1CCN(c2ccccc2F)CC1. The van der Waals surface area contributed by atoms with Crippen LogP contribution in [0.2, 0.25) is 0 Å². The normalized spacial score (nSPS) is 18.6. The highest BCUT2D eigenvalue weighted by atomic mass is 32.2. The summed E-state index contributed by atoms with van der Waals surface area (Å²) in [4.78, 5) is 17.2. The molecule has 2 aliphatic heterocycles. The summed E-state index contributed by atoms with van der Waals surface area (Å²) in [6.07, 6.45) is 3.06. The van der Waals surface area contributed by atoms with Crippen LogP contribution in [-0.4, -0.2) is 62.8 Å². The van der Waals surface area contributed by atoms with E-state index in [4.69, 9.17) is 0 Å². The first-order valence-corrected chi connectivity index (χ1v) is 12.6. The number of hydrogen-bond donors (Lipinski definition) is 0. The molecule has 0 radical (unpaired) electrons. The number of nitrogens with zero attached hydrogens (tertiary/aromatic N) is 3. The van der Waals surface area contributed by atoms with Crippen LogP contribution in [0.3, 0.4) is 0 Å². The summed E-state index contributed by atoms with van der Waals surface area (Å²) < 4.78 is 41.4. The third-order valence-corrected chi connectivity index (χ3v) is 9.15. The maximum Gasteiger partial charge on any atom is 0.252 e. The molecule has 0 bridgehead atoms. The molecule has 0 aliphatic carbocycles. The molecule has 1 aromatic heterocycles. The van der Waals surface area contributed by atoms with E-state index in [1.807, 2.05) is 11.0 Å². The number of halogens is 1. The third-order valence-electron chi connectivity index (χ3n) is 5.70. The van der Waals surface area contributed by atoms with Gasteiger partial charge in [-0.3, -0.25) is 4.79 Å². The Kier molecular flexibility index (Phi) is 6.40. The van der Waals surface area contributed by atoms with Crippen LogP contribution in [0.4, 0.5) is 10.1 Å². The molecule has 6 nitrogen and oxygen atoms in total. The molecule has 2 saturated heterocycles. The van der Waals surface area contributed by atoms with E-state index in [0.717, 1.165) is 24.1 Å². The number of carbonyl (C=O) groups excluding carboxylic acids is 1. The molecular weight excluding hydrogens is 425 g/mol. The van der Waals surface area contributed by atoms with Crippen molar-refractivity contribution in [3.05, 3.63) is 47.1 Å². The van der Waals surface area contributed by atoms with Gasteiger partial charge in [-0.05, 0) is 37.1 Å². The van der Waals surface area contributed by atoms with Crippen molar-refractivity contribution in [1.29, 1.82) is 0 Å². The minimum atomic E-state index is -3.46. The molecule has 0 unspecified atom stereocenters. The Morgan fingerprint density at radius 1 is 0.933 bits per heavy atom. The van der Waals surface area contributed by atoms with Gasteiger partial charge < -0.3 is 9.80 Å². The topological polar surface area (TPSA) is 60.9 Å². The molecule has 1 aromatic carbocycles. The monoisotopic (exact) mass is 451 g/mol. The fourth-order valence-electron chi connectivity index (χ4n) is 3.99. The highest BCUT2D eigenvalue weighted by molar-refractivity contribution is 7.91. The summed E-state index contributed by atoms with van der Waals surface area (Å²) in [5.74, 6) is -0.273. The molecule has 162 valence electrons. The summed E-state index contributed by atoms with van der Waals surface area (Å²) in [5, 5.41) is 0. The Bertz CT molecular complexity index is 994. The van der Waals surface area contributed by atoms with Crippen molar-refractivity contribution in [2.24, 2.45) is 0 Å². The molecule has 1 amide bonds. The number of para-hydroxylation sites is 1. The van der Waals surface area contributed by atoms with Gasteiger partial charge in [-0.15, -0.1) is 11.3 Å². The van der Waals surface area contributed by atoms with Crippen molar-refractivity contribution in [2.75, 3.05) is 44.2 Å². The molecule has 2 aromatic rings. The van der Waals surface area contributed by atoms with E-state index >= 15 is 0 Å². The lowest BCUT2D eigenvalue weighted by Crippen LogP contribution is -2.49. The second kappa shape index (κ2) is 9.03. The molecule has 9 heteroatoms. The largest absolute Gasteiger partial charge is 0.366 e. The van der Waals surface area contributed by atoms with Gasteiger partial charge in [0.2, 0.25) is 5.91 Å². The van der Waals surface area contributed by atoms with E-state index < -0.39 is 10.0 Å². The molecular formula is C21H26FN3O3S2. The third kappa shape index (κ3) is 4.53. The average molecular weight is 452 g/mol. The molecule has 0 saturated carbocycles. The molecule has 0 spiro atoms. The predicted molar refractivity (Wildman–Crippen MR) is 116 cm³/mol.